The van der Waals surface area contributed by atoms with Crippen LogP contribution < -0.4 is 5.32 Å². The fourth-order valence-corrected chi connectivity index (χ4v) is 2.72. The Bertz CT molecular complexity index is 556. The van der Waals surface area contributed by atoms with Crippen LogP contribution in [0, 0.1) is 0 Å². The number of amides is 1. The van der Waals surface area contributed by atoms with E-state index < -0.39 is 0 Å². The molecule has 0 spiro atoms. The van der Waals surface area contributed by atoms with Crippen LogP contribution in [-0.4, -0.2) is 11.2 Å². The van der Waals surface area contributed by atoms with Gasteiger partial charge in [-0.15, -0.1) is 11.8 Å². The van der Waals surface area contributed by atoms with E-state index in [0.29, 0.717) is 11.6 Å². The highest BCUT2D eigenvalue weighted by atomic mass is 35.5. The molecule has 0 unspecified atom stereocenters. The van der Waals surface area contributed by atoms with E-state index in [0.717, 1.165) is 10.5 Å². The average Bonchev–Trinajstić information content (AvgIpc) is 2.48. The van der Waals surface area contributed by atoms with E-state index in [2.05, 4.69) is 5.32 Å². The van der Waals surface area contributed by atoms with E-state index in [-0.39, 0.29) is 11.2 Å². The monoisotopic (exact) mass is 305 g/mol. The lowest BCUT2D eigenvalue weighted by Gasteiger charge is -2.12. The lowest BCUT2D eigenvalue weighted by Crippen LogP contribution is -2.30. The number of thioether (sulfide) groups is 1. The van der Waals surface area contributed by atoms with Gasteiger partial charge in [0.2, 0.25) is 5.91 Å². The van der Waals surface area contributed by atoms with Gasteiger partial charge in [0.1, 0.15) is 0 Å². The highest BCUT2D eigenvalue weighted by Crippen LogP contribution is 2.24. The molecular formula is C16H16ClNOS. The minimum Gasteiger partial charge on any atom is -0.351 e. The summed E-state index contributed by atoms with van der Waals surface area (Å²) in [5, 5.41) is 3.51. The van der Waals surface area contributed by atoms with E-state index in [9.17, 15) is 4.79 Å². The molecule has 0 fully saturated rings. The first kappa shape index (κ1) is 14.9. The molecule has 1 atom stereocenters. The first-order valence-corrected chi connectivity index (χ1v) is 7.65. The maximum Gasteiger partial charge on any atom is 0.233 e. The summed E-state index contributed by atoms with van der Waals surface area (Å²) in [6.45, 7) is 2.46. The normalized spacial score (nSPS) is 11.9. The zero-order chi connectivity index (χ0) is 14.4. The molecule has 2 rings (SSSR count). The van der Waals surface area contributed by atoms with Gasteiger partial charge in [-0.1, -0.05) is 41.9 Å². The molecule has 2 nitrogen and oxygen atoms in total. The second-order valence-corrected chi connectivity index (χ2v) is 6.27. The number of halogens is 1. The second kappa shape index (κ2) is 7.36. The Kier molecular flexibility index (Phi) is 5.50. The quantitative estimate of drug-likeness (QED) is 0.841. The van der Waals surface area contributed by atoms with Crippen LogP contribution in [0.1, 0.15) is 12.5 Å². The van der Waals surface area contributed by atoms with E-state index in [1.807, 2.05) is 61.5 Å². The zero-order valence-electron chi connectivity index (χ0n) is 11.2. The number of hydrogen-bond donors (Lipinski definition) is 1. The van der Waals surface area contributed by atoms with Gasteiger partial charge in [0, 0.05) is 16.5 Å². The van der Waals surface area contributed by atoms with Gasteiger partial charge in [0.15, 0.2) is 0 Å². The zero-order valence-corrected chi connectivity index (χ0v) is 12.7. The minimum absolute atomic E-state index is 0.0359. The van der Waals surface area contributed by atoms with Gasteiger partial charge in [-0.2, -0.15) is 0 Å². The average molecular weight is 306 g/mol. The highest BCUT2D eigenvalue weighted by Gasteiger charge is 2.13. The summed E-state index contributed by atoms with van der Waals surface area (Å²) in [4.78, 5) is 13.1. The number of benzene rings is 2. The van der Waals surface area contributed by atoms with Gasteiger partial charge in [0.25, 0.3) is 0 Å². The summed E-state index contributed by atoms with van der Waals surface area (Å²) in [6, 6.07) is 17.4. The Morgan fingerprint density at radius 2 is 1.80 bits per heavy atom. The Morgan fingerprint density at radius 3 is 2.45 bits per heavy atom. The van der Waals surface area contributed by atoms with E-state index in [1.165, 1.54) is 11.8 Å². The molecule has 0 radical (unpaired) electrons. The van der Waals surface area contributed by atoms with Crippen molar-refractivity contribution >= 4 is 29.3 Å². The summed E-state index contributed by atoms with van der Waals surface area (Å²) >= 11 is 7.36. The van der Waals surface area contributed by atoms with Crippen molar-refractivity contribution in [2.45, 2.75) is 23.6 Å². The Hall–Kier alpha value is -1.45. The summed E-state index contributed by atoms with van der Waals surface area (Å²) in [6.07, 6.45) is 0. The molecule has 4 heteroatoms. The predicted octanol–water partition coefficient (Wildman–Crippen LogP) is 4.14. The first-order chi connectivity index (χ1) is 9.65. The largest absolute Gasteiger partial charge is 0.351 e. The molecule has 0 heterocycles. The third kappa shape index (κ3) is 4.58. The summed E-state index contributed by atoms with van der Waals surface area (Å²) < 4.78 is 0. The van der Waals surface area contributed by atoms with Gasteiger partial charge < -0.3 is 5.32 Å². The molecule has 2 aromatic rings. The van der Waals surface area contributed by atoms with Crippen molar-refractivity contribution in [3.63, 3.8) is 0 Å². The smallest absolute Gasteiger partial charge is 0.233 e. The lowest BCUT2D eigenvalue weighted by atomic mass is 10.2. The lowest BCUT2D eigenvalue weighted by molar-refractivity contribution is -0.120. The van der Waals surface area contributed by atoms with Gasteiger partial charge in [-0.3, -0.25) is 4.79 Å². The molecule has 104 valence electrons. The Balaban J connectivity index is 1.84. The maximum atomic E-state index is 12.0. The fraction of sp³-hybridized carbons (Fsp3) is 0.188. The minimum atomic E-state index is -0.139. The molecule has 0 aromatic heterocycles. The molecule has 1 N–H and O–H groups in total. The first-order valence-electron chi connectivity index (χ1n) is 6.39. The van der Waals surface area contributed by atoms with Gasteiger partial charge >= 0.3 is 0 Å². The summed E-state index contributed by atoms with van der Waals surface area (Å²) in [5.74, 6) is 0.0359. The molecular weight excluding hydrogens is 290 g/mol. The molecule has 0 saturated heterocycles. The standard InChI is InChI=1S/C16H16ClNOS/c1-12(20-15-9-7-14(17)8-10-15)16(19)18-11-13-5-3-2-4-6-13/h2-10,12H,11H2,1H3,(H,18,19)/t12-/m1/s1. The van der Waals surface area contributed by atoms with Crippen LogP contribution >= 0.6 is 23.4 Å². The van der Waals surface area contributed by atoms with Crippen molar-refractivity contribution in [2.24, 2.45) is 0 Å². The second-order valence-electron chi connectivity index (χ2n) is 4.42. The topological polar surface area (TPSA) is 29.1 Å². The third-order valence-electron chi connectivity index (χ3n) is 2.81. The van der Waals surface area contributed by atoms with Crippen LogP contribution in [0.4, 0.5) is 0 Å². The summed E-state index contributed by atoms with van der Waals surface area (Å²) in [5.41, 5.74) is 1.10. The number of nitrogens with one attached hydrogen (secondary N) is 1. The van der Waals surface area contributed by atoms with E-state index in [1.54, 1.807) is 0 Å². The van der Waals surface area contributed by atoms with Crippen LogP contribution in [0.25, 0.3) is 0 Å². The molecule has 0 aliphatic heterocycles. The Labute approximate surface area is 128 Å². The van der Waals surface area contributed by atoms with Gasteiger partial charge in [0.05, 0.1) is 5.25 Å². The van der Waals surface area contributed by atoms with Crippen molar-refractivity contribution in [1.82, 2.24) is 5.32 Å². The molecule has 0 aliphatic rings. The van der Waals surface area contributed by atoms with Crippen LogP contribution in [0.2, 0.25) is 5.02 Å². The van der Waals surface area contributed by atoms with Gasteiger partial charge in [-0.05, 0) is 36.8 Å². The van der Waals surface area contributed by atoms with Gasteiger partial charge in [-0.25, -0.2) is 0 Å². The van der Waals surface area contributed by atoms with Crippen molar-refractivity contribution in [2.75, 3.05) is 0 Å². The molecule has 1 amide bonds. The van der Waals surface area contributed by atoms with Crippen LogP contribution in [0.5, 0.6) is 0 Å². The third-order valence-corrected chi connectivity index (χ3v) is 4.17. The van der Waals surface area contributed by atoms with Crippen LogP contribution in [0.3, 0.4) is 0 Å². The molecule has 2 aromatic carbocycles. The number of carbonyl (C=O) groups is 1. The molecule has 0 bridgehead atoms. The van der Waals surface area contributed by atoms with Crippen molar-refractivity contribution in [3.8, 4) is 0 Å². The SMILES string of the molecule is C[C@@H](Sc1ccc(Cl)cc1)C(=O)NCc1ccccc1. The highest BCUT2D eigenvalue weighted by molar-refractivity contribution is 8.00. The number of hydrogen-bond acceptors (Lipinski definition) is 2. The van der Waals surface area contributed by atoms with Crippen LogP contribution in [0.15, 0.2) is 59.5 Å². The predicted molar refractivity (Wildman–Crippen MR) is 85.1 cm³/mol. The number of carbonyl (C=O) groups excluding carboxylic acids is 1. The molecule has 20 heavy (non-hydrogen) atoms. The van der Waals surface area contributed by atoms with Crippen molar-refractivity contribution < 1.29 is 4.79 Å². The fourth-order valence-electron chi connectivity index (χ4n) is 1.70. The van der Waals surface area contributed by atoms with E-state index >= 15 is 0 Å². The molecule has 0 saturated carbocycles. The van der Waals surface area contributed by atoms with Crippen molar-refractivity contribution in [3.05, 3.63) is 65.2 Å². The summed E-state index contributed by atoms with van der Waals surface area (Å²) in [7, 11) is 0. The maximum absolute atomic E-state index is 12.0. The van der Waals surface area contributed by atoms with Crippen molar-refractivity contribution in [1.29, 1.82) is 0 Å². The van der Waals surface area contributed by atoms with Crippen LogP contribution in [-0.2, 0) is 11.3 Å². The number of rotatable bonds is 5. The Morgan fingerprint density at radius 1 is 1.15 bits per heavy atom. The molecule has 0 aliphatic carbocycles. The van der Waals surface area contributed by atoms with E-state index in [4.69, 9.17) is 11.6 Å².